The van der Waals surface area contributed by atoms with Gasteiger partial charge >= 0.3 is 0 Å². The number of aryl methyl sites for hydroxylation is 2. The lowest BCUT2D eigenvalue weighted by molar-refractivity contribution is 0.642. The van der Waals surface area contributed by atoms with Crippen molar-refractivity contribution < 1.29 is 0 Å². The molecule has 0 aromatic carbocycles. The maximum atomic E-state index is 4.22. The summed E-state index contributed by atoms with van der Waals surface area (Å²) in [5.41, 5.74) is 0. The molecule has 0 unspecified atom stereocenters. The highest BCUT2D eigenvalue weighted by molar-refractivity contribution is 8.93. The van der Waals surface area contributed by atoms with Gasteiger partial charge in [0, 0.05) is 25.4 Å². The Morgan fingerprint density at radius 1 is 1.45 bits per heavy atom. The smallest absolute Gasteiger partial charge is 0.108 e. The summed E-state index contributed by atoms with van der Waals surface area (Å²) in [5.74, 6) is 1.20. The van der Waals surface area contributed by atoms with Crippen molar-refractivity contribution >= 4 is 17.0 Å². The van der Waals surface area contributed by atoms with Gasteiger partial charge in [0.2, 0.25) is 0 Å². The highest BCUT2D eigenvalue weighted by atomic mass is 79.9. The largest absolute Gasteiger partial charge is 0.335 e. The molecule has 0 saturated carbocycles. The molecule has 0 atom stereocenters. The van der Waals surface area contributed by atoms with Crippen LogP contribution in [0.15, 0.2) is 12.4 Å². The van der Waals surface area contributed by atoms with E-state index < -0.39 is 0 Å². The zero-order chi connectivity index (χ0) is 7.40. The molecule has 1 aromatic heterocycles. The van der Waals surface area contributed by atoms with Gasteiger partial charge in [0.25, 0.3) is 0 Å². The second-order valence-corrected chi connectivity index (χ2v) is 2.39. The molecule has 1 aromatic rings. The van der Waals surface area contributed by atoms with Crippen LogP contribution in [0.5, 0.6) is 0 Å². The maximum Gasteiger partial charge on any atom is 0.108 e. The van der Waals surface area contributed by atoms with E-state index >= 15 is 0 Å². The Morgan fingerprint density at radius 3 is 2.73 bits per heavy atom. The van der Waals surface area contributed by atoms with Crippen LogP contribution in [0.3, 0.4) is 0 Å². The molecule has 0 aliphatic heterocycles. The van der Waals surface area contributed by atoms with Crippen molar-refractivity contribution in [3.8, 4) is 0 Å². The van der Waals surface area contributed by atoms with E-state index in [1.807, 2.05) is 12.4 Å². The molecule has 2 nitrogen and oxygen atoms in total. The summed E-state index contributed by atoms with van der Waals surface area (Å²) >= 11 is 0. The number of halogens is 1. The van der Waals surface area contributed by atoms with Crippen molar-refractivity contribution in [3.05, 3.63) is 18.2 Å². The van der Waals surface area contributed by atoms with Crippen molar-refractivity contribution in [2.24, 2.45) is 0 Å². The van der Waals surface area contributed by atoms with Crippen molar-refractivity contribution in [2.75, 3.05) is 0 Å². The van der Waals surface area contributed by atoms with Crippen LogP contribution in [0, 0.1) is 0 Å². The Labute approximate surface area is 78.4 Å². The summed E-state index contributed by atoms with van der Waals surface area (Å²) in [6, 6.07) is 0. The molecule has 0 N–H and O–H groups in total. The van der Waals surface area contributed by atoms with Crippen LogP contribution in [0.4, 0.5) is 0 Å². The van der Waals surface area contributed by atoms with E-state index in [4.69, 9.17) is 0 Å². The van der Waals surface area contributed by atoms with Crippen LogP contribution >= 0.6 is 17.0 Å². The number of nitrogens with zero attached hydrogens (tertiary/aromatic N) is 2. The van der Waals surface area contributed by atoms with E-state index in [9.17, 15) is 0 Å². The van der Waals surface area contributed by atoms with Gasteiger partial charge in [-0.05, 0) is 6.42 Å². The van der Waals surface area contributed by atoms with E-state index in [1.165, 1.54) is 12.2 Å². The van der Waals surface area contributed by atoms with Gasteiger partial charge in [-0.15, -0.1) is 17.0 Å². The SMILES string of the molecule is Br.CCCn1ccnc1CC. The first-order valence-electron chi connectivity index (χ1n) is 3.88. The highest BCUT2D eigenvalue weighted by Gasteiger charge is 1.96. The number of imidazole rings is 1. The average Bonchev–Trinajstić information content (AvgIpc) is 2.36. The Bertz CT molecular complexity index is 196. The average molecular weight is 219 g/mol. The van der Waals surface area contributed by atoms with Gasteiger partial charge in [-0.2, -0.15) is 0 Å². The molecule has 1 rings (SSSR count). The molecule has 1 heterocycles. The lowest BCUT2D eigenvalue weighted by Gasteiger charge is -2.01. The quantitative estimate of drug-likeness (QED) is 0.763. The summed E-state index contributed by atoms with van der Waals surface area (Å²) in [7, 11) is 0. The Kier molecular flexibility index (Phi) is 5.20. The molecule has 0 saturated heterocycles. The standard InChI is InChI=1S/C8H14N2.BrH/c1-3-6-10-7-5-9-8(10)4-2;/h5,7H,3-4,6H2,1-2H3;1H. The van der Waals surface area contributed by atoms with Crippen LogP contribution in [0.2, 0.25) is 0 Å². The monoisotopic (exact) mass is 218 g/mol. The summed E-state index contributed by atoms with van der Waals surface area (Å²) in [5, 5.41) is 0. The molecule has 64 valence electrons. The molecule has 0 fully saturated rings. The number of rotatable bonds is 3. The summed E-state index contributed by atoms with van der Waals surface area (Å²) in [6.45, 7) is 5.41. The minimum Gasteiger partial charge on any atom is -0.335 e. The van der Waals surface area contributed by atoms with E-state index in [0.29, 0.717) is 0 Å². The van der Waals surface area contributed by atoms with Gasteiger partial charge in [-0.3, -0.25) is 0 Å². The second kappa shape index (κ2) is 5.35. The van der Waals surface area contributed by atoms with Crippen LogP contribution in [-0.2, 0) is 13.0 Å². The molecule has 3 heteroatoms. The number of aromatic nitrogens is 2. The molecule has 0 spiro atoms. The summed E-state index contributed by atoms with van der Waals surface area (Å²) in [6.07, 6.45) is 6.13. The third kappa shape index (κ3) is 2.66. The van der Waals surface area contributed by atoms with E-state index in [2.05, 4.69) is 23.4 Å². The number of hydrogen-bond acceptors (Lipinski definition) is 1. The van der Waals surface area contributed by atoms with Crippen molar-refractivity contribution in [2.45, 2.75) is 33.2 Å². The zero-order valence-electron chi connectivity index (χ0n) is 7.08. The molecule has 0 amide bonds. The van der Waals surface area contributed by atoms with Gasteiger partial charge in [0.15, 0.2) is 0 Å². The summed E-state index contributed by atoms with van der Waals surface area (Å²) < 4.78 is 2.21. The zero-order valence-corrected chi connectivity index (χ0v) is 8.79. The first-order chi connectivity index (χ1) is 4.88. The van der Waals surface area contributed by atoms with Gasteiger partial charge < -0.3 is 4.57 Å². The van der Waals surface area contributed by atoms with Crippen molar-refractivity contribution in [3.63, 3.8) is 0 Å². The van der Waals surface area contributed by atoms with Crippen LogP contribution < -0.4 is 0 Å². The number of hydrogen-bond donors (Lipinski definition) is 0. The van der Waals surface area contributed by atoms with Crippen LogP contribution in [0.1, 0.15) is 26.1 Å². The maximum absolute atomic E-state index is 4.22. The molecular weight excluding hydrogens is 204 g/mol. The molecule has 0 bridgehead atoms. The Balaban J connectivity index is 0.000001000. The third-order valence-corrected chi connectivity index (χ3v) is 1.58. The Hall–Kier alpha value is -0.310. The second-order valence-electron chi connectivity index (χ2n) is 2.39. The first kappa shape index (κ1) is 10.7. The van der Waals surface area contributed by atoms with Gasteiger partial charge in [0.1, 0.15) is 5.82 Å². The van der Waals surface area contributed by atoms with E-state index in [1.54, 1.807) is 0 Å². The fourth-order valence-corrected chi connectivity index (χ4v) is 1.10. The molecule has 0 aliphatic carbocycles. The lowest BCUT2D eigenvalue weighted by Crippen LogP contribution is -2.00. The van der Waals surface area contributed by atoms with Crippen molar-refractivity contribution in [1.82, 2.24) is 9.55 Å². The minimum atomic E-state index is 0. The molecule has 11 heavy (non-hydrogen) atoms. The third-order valence-electron chi connectivity index (χ3n) is 1.58. The van der Waals surface area contributed by atoms with Gasteiger partial charge in [-0.1, -0.05) is 13.8 Å². The topological polar surface area (TPSA) is 17.8 Å². The lowest BCUT2D eigenvalue weighted by atomic mass is 10.4. The van der Waals surface area contributed by atoms with Gasteiger partial charge in [-0.25, -0.2) is 4.98 Å². The Morgan fingerprint density at radius 2 is 2.18 bits per heavy atom. The fourth-order valence-electron chi connectivity index (χ4n) is 1.10. The molecule has 0 radical (unpaired) electrons. The molecular formula is C8H15BrN2. The van der Waals surface area contributed by atoms with E-state index in [-0.39, 0.29) is 17.0 Å². The predicted octanol–water partition coefficient (Wildman–Crippen LogP) is 2.43. The van der Waals surface area contributed by atoms with Crippen molar-refractivity contribution in [1.29, 1.82) is 0 Å². The molecule has 0 aliphatic rings. The minimum absolute atomic E-state index is 0. The van der Waals surface area contributed by atoms with Crippen LogP contribution in [-0.4, -0.2) is 9.55 Å². The first-order valence-corrected chi connectivity index (χ1v) is 3.88. The summed E-state index contributed by atoms with van der Waals surface area (Å²) in [4.78, 5) is 4.22. The van der Waals surface area contributed by atoms with E-state index in [0.717, 1.165) is 13.0 Å². The van der Waals surface area contributed by atoms with Crippen LogP contribution in [0.25, 0.3) is 0 Å². The highest BCUT2D eigenvalue weighted by Crippen LogP contribution is 1.98. The fraction of sp³-hybridized carbons (Fsp3) is 0.625. The normalized spacial score (nSPS) is 9.27. The predicted molar refractivity (Wildman–Crippen MR) is 52.2 cm³/mol. The van der Waals surface area contributed by atoms with Gasteiger partial charge in [0.05, 0.1) is 0 Å².